The summed E-state index contributed by atoms with van der Waals surface area (Å²) in [7, 11) is 0. The minimum Gasteiger partial charge on any atom is -0.354 e. The first-order valence-corrected chi connectivity index (χ1v) is 14.4. The second kappa shape index (κ2) is 12.2. The minimum atomic E-state index is -2.63. The van der Waals surface area contributed by atoms with Crippen molar-refractivity contribution in [1.29, 1.82) is 0 Å². The van der Waals surface area contributed by atoms with Gasteiger partial charge in [-0.25, -0.2) is 8.78 Å². The summed E-state index contributed by atoms with van der Waals surface area (Å²) in [4.78, 5) is 44.1. The summed E-state index contributed by atoms with van der Waals surface area (Å²) in [6.45, 7) is 9.10. The highest BCUT2D eigenvalue weighted by Gasteiger charge is 2.36. The van der Waals surface area contributed by atoms with Crippen molar-refractivity contribution in [3.63, 3.8) is 0 Å². The number of rotatable bonds is 10. The number of nitrogens with one attached hydrogen (secondary N) is 3. The first-order chi connectivity index (χ1) is 18.9. The lowest BCUT2D eigenvalue weighted by atomic mass is 9.75. The van der Waals surface area contributed by atoms with E-state index < -0.39 is 12.0 Å². The molecule has 1 unspecified atom stereocenters. The Labute approximate surface area is 235 Å². The zero-order chi connectivity index (χ0) is 29.1. The monoisotopic (exact) mass is 556 g/mol. The van der Waals surface area contributed by atoms with Crippen LogP contribution in [-0.2, 0) is 24.3 Å². The Hall–Kier alpha value is -3.07. The number of halogens is 2. The summed E-state index contributed by atoms with van der Waals surface area (Å²) in [6.07, 6.45) is 3.72. The quantitative estimate of drug-likeness (QED) is 0.370. The maximum atomic E-state index is 13.7. The fourth-order valence-electron chi connectivity index (χ4n) is 5.88. The third-order valence-corrected chi connectivity index (χ3v) is 7.96. The second-order valence-electron chi connectivity index (χ2n) is 12.3. The first kappa shape index (κ1) is 29.9. The van der Waals surface area contributed by atoms with Gasteiger partial charge in [-0.3, -0.25) is 19.3 Å². The number of carbonyl (C=O) groups is 3. The number of benzene rings is 1. The number of ketones is 1. The van der Waals surface area contributed by atoms with E-state index in [2.05, 4.69) is 15.6 Å². The fourth-order valence-corrected chi connectivity index (χ4v) is 5.88. The maximum absolute atomic E-state index is 13.7. The summed E-state index contributed by atoms with van der Waals surface area (Å²) in [5, 5.41) is 5.82. The van der Waals surface area contributed by atoms with Crippen molar-refractivity contribution in [3.8, 4) is 0 Å². The molecule has 2 amide bonds. The van der Waals surface area contributed by atoms with E-state index in [4.69, 9.17) is 0 Å². The lowest BCUT2D eigenvalue weighted by molar-refractivity contribution is -0.123. The number of likely N-dealkylation sites (tertiary alicyclic amines) is 1. The molecule has 3 N–H and O–H groups in total. The van der Waals surface area contributed by atoms with Crippen LogP contribution in [0.25, 0.3) is 0 Å². The number of alkyl halides is 2. The number of aromatic amines is 1. The smallest absolute Gasteiger partial charge is 0.268 e. The molecular weight excluding hydrogens is 514 g/mol. The van der Waals surface area contributed by atoms with Crippen LogP contribution >= 0.6 is 0 Å². The molecule has 4 rings (SSSR count). The molecule has 1 aromatic heterocycles. The van der Waals surface area contributed by atoms with Gasteiger partial charge in [0.15, 0.2) is 5.78 Å². The van der Waals surface area contributed by atoms with Crippen LogP contribution in [0.15, 0.2) is 24.3 Å². The molecule has 7 nitrogen and oxygen atoms in total. The molecule has 9 heteroatoms. The van der Waals surface area contributed by atoms with Crippen molar-refractivity contribution in [2.75, 3.05) is 13.1 Å². The van der Waals surface area contributed by atoms with Gasteiger partial charge in [0.1, 0.15) is 11.7 Å². The Kier molecular flexibility index (Phi) is 9.12. The van der Waals surface area contributed by atoms with Gasteiger partial charge in [0, 0.05) is 37.2 Å². The lowest BCUT2D eigenvalue weighted by Crippen LogP contribution is -2.46. The highest BCUT2D eigenvalue weighted by molar-refractivity contribution is 6.05. The van der Waals surface area contributed by atoms with Crippen LogP contribution in [0.2, 0.25) is 0 Å². The molecule has 1 aliphatic heterocycles. The van der Waals surface area contributed by atoms with Crippen LogP contribution in [0.4, 0.5) is 8.78 Å². The van der Waals surface area contributed by atoms with Crippen molar-refractivity contribution in [3.05, 3.63) is 57.9 Å². The summed E-state index contributed by atoms with van der Waals surface area (Å²) in [5.41, 5.74) is 4.04. The molecule has 1 aromatic carbocycles. The minimum absolute atomic E-state index is 0.0409. The van der Waals surface area contributed by atoms with E-state index in [0.717, 1.165) is 29.7 Å². The zero-order valence-corrected chi connectivity index (χ0v) is 24.1. The van der Waals surface area contributed by atoms with E-state index in [1.807, 2.05) is 45.0 Å². The third-order valence-electron chi connectivity index (χ3n) is 7.96. The van der Waals surface area contributed by atoms with Gasteiger partial charge in [-0.2, -0.15) is 0 Å². The van der Waals surface area contributed by atoms with E-state index >= 15 is 0 Å². The molecule has 1 aliphatic carbocycles. The molecule has 0 radical (unpaired) electrons. The molecule has 0 saturated carbocycles. The lowest BCUT2D eigenvalue weighted by Gasteiger charge is -2.32. The number of amides is 2. The molecule has 40 heavy (non-hydrogen) atoms. The summed E-state index contributed by atoms with van der Waals surface area (Å²) in [6, 6.07) is 6.89. The number of unbranched alkanes of at least 4 members (excludes halogenated alkanes) is 1. The van der Waals surface area contributed by atoms with Crippen molar-refractivity contribution < 1.29 is 23.2 Å². The number of H-pyrrole nitrogens is 1. The first-order valence-electron chi connectivity index (χ1n) is 14.4. The van der Waals surface area contributed by atoms with E-state index in [0.29, 0.717) is 62.1 Å². The van der Waals surface area contributed by atoms with Crippen molar-refractivity contribution >= 4 is 17.6 Å². The second-order valence-corrected chi connectivity index (χ2v) is 12.3. The average Bonchev–Trinajstić information content (AvgIpc) is 3.20. The number of nitrogens with zero attached hydrogens (tertiary/aromatic N) is 1. The zero-order valence-electron chi connectivity index (χ0n) is 24.1. The molecule has 0 bridgehead atoms. The standard InChI is InChI=1S/C31H42F2N4O3/c1-5-6-8-23(36-29(40)27-20(2)26-24(35-27)15-30(3,4)16-25(26)38)28(39)34-17-21-9-11-22(12-10-21)18-37-14-7-13-31(32,33)19-37/h9-12,23,35H,5-8,13-19H2,1-4H3,(H,34,39)(H,36,40). The predicted octanol–water partition coefficient (Wildman–Crippen LogP) is 5.31. The highest BCUT2D eigenvalue weighted by Crippen LogP contribution is 2.36. The number of aromatic nitrogens is 1. The van der Waals surface area contributed by atoms with Gasteiger partial charge in [-0.1, -0.05) is 57.9 Å². The van der Waals surface area contributed by atoms with Gasteiger partial charge in [0.25, 0.3) is 11.8 Å². The van der Waals surface area contributed by atoms with Crippen LogP contribution in [0.1, 0.15) is 103 Å². The Morgan fingerprint density at radius 1 is 1.12 bits per heavy atom. The van der Waals surface area contributed by atoms with Crippen LogP contribution in [-0.4, -0.2) is 52.5 Å². The Morgan fingerprint density at radius 2 is 1.82 bits per heavy atom. The van der Waals surface area contributed by atoms with E-state index in [1.165, 1.54) is 0 Å². The molecular formula is C31H42F2N4O3. The van der Waals surface area contributed by atoms with Gasteiger partial charge in [-0.05, 0) is 54.8 Å². The molecule has 2 aromatic rings. The molecule has 1 saturated heterocycles. The predicted molar refractivity (Wildman–Crippen MR) is 150 cm³/mol. The number of Topliss-reactive ketones (excluding diaryl/α,β-unsaturated/α-hetero) is 1. The summed E-state index contributed by atoms with van der Waals surface area (Å²) >= 11 is 0. The van der Waals surface area contributed by atoms with Crippen LogP contribution in [0.3, 0.4) is 0 Å². The van der Waals surface area contributed by atoms with Crippen LogP contribution in [0.5, 0.6) is 0 Å². The fraction of sp³-hybridized carbons (Fsp3) is 0.581. The largest absolute Gasteiger partial charge is 0.354 e. The number of hydrogen-bond donors (Lipinski definition) is 3. The van der Waals surface area contributed by atoms with Crippen LogP contribution < -0.4 is 10.6 Å². The molecule has 0 spiro atoms. The topological polar surface area (TPSA) is 94.3 Å². The van der Waals surface area contributed by atoms with Crippen LogP contribution in [0, 0.1) is 12.3 Å². The molecule has 1 atom stereocenters. The van der Waals surface area contributed by atoms with Crippen molar-refractivity contribution in [1.82, 2.24) is 20.5 Å². The number of hydrogen-bond acceptors (Lipinski definition) is 4. The Morgan fingerprint density at radius 3 is 2.50 bits per heavy atom. The van der Waals surface area contributed by atoms with Crippen molar-refractivity contribution in [2.45, 2.75) is 97.7 Å². The van der Waals surface area contributed by atoms with Gasteiger partial charge in [0.05, 0.1) is 6.54 Å². The SMILES string of the molecule is CCCCC(NC(=O)c1[nH]c2c(c1C)C(=O)CC(C)(C)C2)C(=O)NCc1ccc(CN2CCCC(F)(F)C2)cc1. The normalized spacial score (nSPS) is 19.1. The number of fused-ring (bicyclic) bond motifs is 1. The molecule has 1 fully saturated rings. The third kappa shape index (κ3) is 7.36. The maximum Gasteiger partial charge on any atom is 0.268 e. The van der Waals surface area contributed by atoms with Gasteiger partial charge in [0.2, 0.25) is 5.91 Å². The Balaban J connectivity index is 1.36. The average molecular weight is 557 g/mol. The molecule has 2 aliphatic rings. The van der Waals surface area contributed by atoms with Gasteiger partial charge < -0.3 is 15.6 Å². The molecule has 2 heterocycles. The van der Waals surface area contributed by atoms with Gasteiger partial charge in [-0.15, -0.1) is 0 Å². The number of piperidine rings is 1. The summed E-state index contributed by atoms with van der Waals surface area (Å²) < 4.78 is 27.4. The number of carbonyl (C=O) groups excluding carboxylic acids is 3. The van der Waals surface area contributed by atoms with E-state index in [-0.39, 0.29) is 36.0 Å². The van der Waals surface area contributed by atoms with Gasteiger partial charge >= 0.3 is 0 Å². The van der Waals surface area contributed by atoms with E-state index in [9.17, 15) is 23.2 Å². The Bertz CT molecular complexity index is 1240. The van der Waals surface area contributed by atoms with E-state index in [1.54, 1.807) is 11.8 Å². The summed E-state index contributed by atoms with van der Waals surface area (Å²) in [5.74, 6) is -3.24. The molecule has 218 valence electrons. The highest BCUT2D eigenvalue weighted by atomic mass is 19.3. The van der Waals surface area contributed by atoms with Crippen molar-refractivity contribution in [2.24, 2.45) is 5.41 Å².